The minimum Gasteiger partial charge on any atom is -0.330 e. The normalized spacial score (nSPS) is 10.2. The van der Waals surface area contributed by atoms with Gasteiger partial charge in [0.1, 0.15) is 0 Å². The standard InChI is InChI=1S/C14H17NO/c1-14(2,3)15(4)13(16)11-10-12-8-6-5-7-9-12/h5-9H,1-4H3. The van der Waals surface area contributed by atoms with E-state index in [-0.39, 0.29) is 11.4 Å². The fraction of sp³-hybridized carbons (Fsp3) is 0.357. The first-order valence-electron chi connectivity index (χ1n) is 5.26. The lowest BCUT2D eigenvalue weighted by atomic mass is 10.1. The molecule has 0 atom stereocenters. The van der Waals surface area contributed by atoms with Crippen molar-refractivity contribution in [1.29, 1.82) is 0 Å². The van der Waals surface area contributed by atoms with Crippen LogP contribution in [0.5, 0.6) is 0 Å². The molecule has 0 unspecified atom stereocenters. The zero-order valence-electron chi connectivity index (χ0n) is 10.2. The van der Waals surface area contributed by atoms with Crippen molar-refractivity contribution < 1.29 is 4.79 Å². The van der Waals surface area contributed by atoms with Crippen LogP contribution in [0.25, 0.3) is 0 Å². The Bertz CT molecular complexity index is 418. The molecule has 1 aromatic carbocycles. The Balaban J connectivity index is 2.77. The van der Waals surface area contributed by atoms with Crippen LogP contribution in [-0.4, -0.2) is 23.4 Å². The summed E-state index contributed by atoms with van der Waals surface area (Å²) in [6.07, 6.45) is 0. The highest BCUT2D eigenvalue weighted by atomic mass is 16.2. The first-order valence-corrected chi connectivity index (χ1v) is 5.26. The molecule has 1 rings (SSSR count). The highest BCUT2D eigenvalue weighted by Crippen LogP contribution is 2.09. The smallest absolute Gasteiger partial charge is 0.298 e. The van der Waals surface area contributed by atoms with Gasteiger partial charge in [-0.1, -0.05) is 24.1 Å². The van der Waals surface area contributed by atoms with E-state index >= 15 is 0 Å². The number of carbonyl (C=O) groups is 1. The molecule has 84 valence electrons. The molecule has 0 saturated carbocycles. The van der Waals surface area contributed by atoms with E-state index in [1.165, 1.54) is 0 Å². The second-order valence-electron chi connectivity index (χ2n) is 4.65. The highest BCUT2D eigenvalue weighted by Gasteiger charge is 2.20. The molecule has 0 aliphatic heterocycles. The van der Waals surface area contributed by atoms with Crippen LogP contribution in [0.15, 0.2) is 30.3 Å². The van der Waals surface area contributed by atoms with Crippen LogP contribution in [0.3, 0.4) is 0 Å². The van der Waals surface area contributed by atoms with Gasteiger partial charge in [0.2, 0.25) is 0 Å². The second kappa shape index (κ2) is 4.85. The van der Waals surface area contributed by atoms with Crippen LogP contribution in [0.2, 0.25) is 0 Å². The van der Waals surface area contributed by atoms with Gasteiger partial charge in [-0.15, -0.1) is 0 Å². The molecule has 0 saturated heterocycles. The van der Waals surface area contributed by atoms with Crippen LogP contribution in [0.1, 0.15) is 26.3 Å². The van der Waals surface area contributed by atoms with Crippen molar-refractivity contribution in [3.05, 3.63) is 35.9 Å². The maximum atomic E-state index is 11.7. The summed E-state index contributed by atoms with van der Waals surface area (Å²) < 4.78 is 0. The van der Waals surface area contributed by atoms with Gasteiger partial charge in [-0.2, -0.15) is 0 Å². The van der Waals surface area contributed by atoms with Crippen LogP contribution in [0, 0.1) is 11.8 Å². The SMILES string of the molecule is CN(C(=O)C#Cc1ccccc1)C(C)(C)C. The zero-order valence-corrected chi connectivity index (χ0v) is 10.2. The van der Waals surface area contributed by atoms with Gasteiger partial charge in [0.15, 0.2) is 0 Å². The average Bonchev–Trinajstić information content (AvgIpc) is 2.25. The Kier molecular flexibility index (Phi) is 3.73. The van der Waals surface area contributed by atoms with Gasteiger partial charge in [0.25, 0.3) is 5.91 Å². The maximum absolute atomic E-state index is 11.7. The summed E-state index contributed by atoms with van der Waals surface area (Å²) in [7, 11) is 1.77. The lowest BCUT2D eigenvalue weighted by Crippen LogP contribution is -2.41. The quantitative estimate of drug-likeness (QED) is 0.608. The third-order valence-electron chi connectivity index (χ3n) is 2.40. The zero-order chi connectivity index (χ0) is 12.2. The lowest BCUT2D eigenvalue weighted by molar-refractivity contribution is -0.127. The summed E-state index contributed by atoms with van der Waals surface area (Å²) in [6, 6.07) is 9.51. The Labute approximate surface area is 97.3 Å². The molecule has 0 aliphatic carbocycles. The molecule has 0 radical (unpaired) electrons. The predicted molar refractivity (Wildman–Crippen MR) is 65.8 cm³/mol. The average molecular weight is 215 g/mol. The van der Waals surface area contributed by atoms with E-state index in [0.717, 1.165) is 5.56 Å². The Morgan fingerprint density at radius 3 is 2.25 bits per heavy atom. The molecule has 1 aromatic rings. The summed E-state index contributed by atoms with van der Waals surface area (Å²) in [6.45, 7) is 5.94. The molecule has 0 spiro atoms. The monoisotopic (exact) mass is 215 g/mol. The highest BCUT2D eigenvalue weighted by molar-refractivity contribution is 5.94. The third kappa shape index (κ3) is 3.43. The summed E-state index contributed by atoms with van der Waals surface area (Å²) in [4.78, 5) is 13.4. The molecule has 0 aromatic heterocycles. The summed E-state index contributed by atoms with van der Waals surface area (Å²) in [5, 5.41) is 0. The van der Waals surface area contributed by atoms with E-state index in [0.29, 0.717) is 0 Å². The van der Waals surface area contributed by atoms with Crippen molar-refractivity contribution in [2.24, 2.45) is 0 Å². The van der Waals surface area contributed by atoms with Gasteiger partial charge in [0, 0.05) is 24.1 Å². The molecule has 2 heteroatoms. The summed E-state index contributed by atoms with van der Waals surface area (Å²) in [5.74, 6) is 5.34. The van der Waals surface area contributed by atoms with Crippen LogP contribution >= 0.6 is 0 Å². The molecular weight excluding hydrogens is 198 g/mol. The maximum Gasteiger partial charge on any atom is 0.298 e. The van der Waals surface area contributed by atoms with E-state index in [9.17, 15) is 4.79 Å². The first-order chi connectivity index (χ1) is 7.41. The molecule has 0 fully saturated rings. The number of hydrogen-bond acceptors (Lipinski definition) is 1. The lowest BCUT2D eigenvalue weighted by Gasteiger charge is -2.30. The number of nitrogens with zero attached hydrogens (tertiary/aromatic N) is 1. The molecule has 0 bridgehead atoms. The number of rotatable bonds is 0. The predicted octanol–water partition coefficient (Wildman–Crippen LogP) is 2.29. The van der Waals surface area contributed by atoms with Gasteiger partial charge < -0.3 is 4.90 Å². The van der Waals surface area contributed by atoms with Crippen molar-refractivity contribution in [3.63, 3.8) is 0 Å². The molecule has 0 heterocycles. The van der Waals surface area contributed by atoms with E-state index in [1.54, 1.807) is 11.9 Å². The number of hydrogen-bond donors (Lipinski definition) is 0. The van der Waals surface area contributed by atoms with Crippen LogP contribution in [-0.2, 0) is 4.79 Å². The topological polar surface area (TPSA) is 20.3 Å². The minimum absolute atomic E-state index is 0.156. The van der Waals surface area contributed by atoms with Gasteiger partial charge in [-0.25, -0.2) is 0 Å². The third-order valence-corrected chi connectivity index (χ3v) is 2.40. The molecule has 0 N–H and O–H groups in total. The van der Waals surface area contributed by atoms with Crippen molar-refractivity contribution in [3.8, 4) is 11.8 Å². The van der Waals surface area contributed by atoms with Gasteiger partial charge >= 0.3 is 0 Å². The Hall–Kier alpha value is -1.75. The fourth-order valence-corrected chi connectivity index (χ4v) is 1.04. The van der Waals surface area contributed by atoms with Crippen LogP contribution in [0.4, 0.5) is 0 Å². The van der Waals surface area contributed by atoms with E-state index in [1.807, 2.05) is 51.1 Å². The van der Waals surface area contributed by atoms with Crippen molar-refractivity contribution in [1.82, 2.24) is 4.90 Å². The van der Waals surface area contributed by atoms with E-state index in [4.69, 9.17) is 0 Å². The Morgan fingerprint density at radius 1 is 1.19 bits per heavy atom. The molecule has 2 nitrogen and oxygen atoms in total. The molecule has 16 heavy (non-hydrogen) atoms. The van der Waals surface area contributed by atoms with E-state index in [2.05, 4.69) is 11.8 Å². The van der Waals surface area contributed by atoms with Gasteiger partial charge in [0.05, 0.1) is 0 Å². The Morgan fingerprint density at radius 2 is 1.75 bits per heavy atom. The van der Waals surface area contributed by atoms with Crippen LogP contribution < -0.4 is 0 Å². The molecular formula is C14H17NO. The first kappa shape index (κ1) is 12.3. The molecule has 1 amide bonds. The van der Waals surface area contributed by atoms with E-state index < -0.39 is 0 Å². The summed E-state index contributed by atoms with van der Waals surface area (Å²) >= 11 is 0. The van der Waals surface area contributed by atoms with Crippen molar-refractivity contribution >= 4 is 5.91 Å². The summed E-state index contributed by atoms with van der Waals surface area (Å²) in [5.41, 5.74) is 0.667. The van der Waals surface area contributed by atoms with Crippen molar-refractivity contribution in [2.45, 2.75) is 26.3 Å². The second-order valence-corrected chi connectivity index (χ2v) is 4.65. The minimum atomic E-state index is -0.192. The molecule has 0 aliphatic rings. The number of benzene rings is 1. The fourth-order valence-electron chi connectivity index (χ4n) is 1.04. The van der Waals surface area contributed by atoms with Crippen molar-refractivity contribution in [2.75, 3.05) is 7.05 Å². The number of amides is 1. The largest absolute Gasteiger partial charge is 0.330 e. The van der Waals surface area contributed by atoms with Gasteiger partial charge in [-0.05, 0) is 32.9 Å². The van der Waals surface area contributed by atoms with Gasteiger partial charge in [-0.3, -0.25) is 4.79 Å². The number of carbonyl (C=O) groups excluding carboxylic acids is 1.